The van der Waals surface area contributed by atoms with Gasteiger partial charge >= 0.3 is 0 Å². The highest BCUT2D eigenvalue weighted by Crippen LogP contribution is 2.37. The summed E-state index contributed by atoms with van der Waals surface area (Å²) in [5, 5.41) is 3.42. The molecule has 53 heavy (non-hydrogen) atoms. The van der Waals surface area contributed by atoms with E-state index in [0.29, 0.717) is 18.2 Å². The van der Waals surface area contributed by atoms with Crippen molar-refractivity contribution in [2.75, 3.05) is 0 Å². The van der Waals surface area contributed by atoms with Crippen molar-refractivity contribution in [3.63, 3.8) is 0 Å². The Morgan fingerprint density at radius 3 is 2.02 bits per heavy atom. The topological polar surface area (TPSA) is 41.3 Å². The molecule has 1 unspecified atom stereocenters. The SMILES string of the molecule is C=C(N)c1ccc2c(c1C)CCC2C.C=C1C(=C)C(C)=C1C.C=CC(=C)/C(=C/C(=C)C(=C)NCc1ccc(CCC)c(CC)c1)N(C=C(C)C)C(=C)C. The maximum absolute atomic E-state index is 5.75. The molecule has 0 fully saturated rings. The van der Waals surface area contributed by atoms with E-state index in [2.05, 4.69) is 144 Å². The molecule has 0 aromatic heterocycles. The molecular formula is C50H67N3. The minimum atomic E-state index is 0.685. The standard InChI is InChI=1S/C29H40N2.C13H17N.C8H10/c1-11-14-28-16-15-26(18-27(28)13-3)19-30-25(10)24(9)17-29(23(8)12-2)31(22(6)7)20-21(4)5;1-8-4-5-13-9(2)12(10(3)14)7-6-11(8)13;1-5-6(2)8(4)7(5)3/h12,15-18,20,30H,2,6,8-11,13-14,19H2,1,3-5,7H3;6-8H,3-5,14H2,1-2H3;1-2H2,3-4H3/b29-17-;;. The van der Waals surface area contributed by atoms with Gasteiger partial charge in [-0.25, -0.2) is 0 Å². The van der Waals surface area contributed by atoms with Crippen LogP contribution in [-0.4, -0.2) is 4.90 Å². The lowest BCUT2D eigenvalue weighted by atomic mass is 9.82. The summed E-state index contributed by atoms with van der Waals surface area (Å²) >= 11 is 0. The lowest BCUT2D eigenvalue weighted by molar-refractivity contribution is 0.585. The smallest absolute Gasteiger partial charge is 0.0524 e. The summed E-state index contributed by atoms with van der Waals surface area (Å²) < 4.78 is 0. The van der Waals surface area contributed by atoms with Crippen LogP contribution in [0.2, 0.25) is 0 Å². The molecule has 282 valence electrons. The quantitative estimate of drug-likeness (QED) is 0.192. The van der Waals surface area contributed by atoms with Crippen LogP contribution < -0.4 is 11.1 Å². The van der Waals surface area contributed by atoms with E-state index in [4.69, 9.17) is 5.73 Å². The molecule has 4 rings (SSSR count). The average Bonchev–Trinajstić information content (AvgIpc) is 3.52. The second kappa shape index (κ2) is 20.3. The van der Waals surface area contributed by atoms with E-state index in [1.807, 2.05) is 24.1 Å². The van der Waals surface area contributed by atoms with E-state index >= 15 is 0 Å². The molecule has 0 saturated heterocycles. The molecule has 2 aromatic carbocycles. The third-order valence-electron chi connectivity index (χ3n) is 10.2. The summed E-state index contributed by atoms with van der Waals surface area (Å²) in [6.07, 6.45) is 11.6. The molecule has 0 saturated carbocycles. The van der Waals surface area contributed by atoms with Gasteiger partial charge in [0.25, 0.3) is 0 Å². The summed E-state index contributed by atoms with van der Waals surface area (Å²) in [5.74, 6) is 0.712. The Morgan fingerprint density at radius 1 is 0.906 bits per heavy atom. The summed E-state index contributed by atoms with van der Waals surface area (Å²) in [6, 6.07) is 11.1. The highest BCUT2D eigenvalue weighted by Gasteiger charge is 2.21. The third-order valence-corrected chi connectivity index (χ3v) is 10.2. The predicted molar refractivity (Wildman–Crippen MR) is 236 cm³/mol. The van der Waals surface area contributed by atoms with Crippen LogP contribution in [0.1, 0.15) is 113 Å². The van der Waals surface area contributed by atoms with Gasteiger partial charge in [0.2, 0.25) is 0 Å². The van der Waals surface area contributed by atoms with E-state index < -0.39 is 0 Å². The number of benzene rings is 2. The lowest BCUT2D eigenvalue weighted by Crippen LogP contribution is -2.17. The second-order valence-corrected chi connectivity index (χ2v) is 14.6. The van der Waals surface area contributed by atoms with Gasteiger partial charge in [-0.15, -0.1) is 0 Å². The Labute approximate surface area is 323 Å². The van der Waals surface area contributed by atoms with Crippen molar-refractivity contribution in [3.05, 3.63) is 196 Å². The third kappa shape index (κ3) is 11.7. The summed E-state index contributed by atoms with van der Waals surface area (Å²) in [7, 11) is 0. The second-order valence-electron chi connectivity index (χ2n) is 14.6. The highest BCUT2D eigenvalue weighted by atomic mass is 15.1. The zero-order valence-electron chi connectivity index (χ0n) is 34.6. The van der Waals surface area contributed by atoms with Crippen LogP contribution in [0.4, 0.5) is 0 Å². The lowest BCUT2D eigenvalue weighted by Gasteiger charge is -2.26. The fourth-order valence-electron chi connectivity index (χ4n) is 6.55. The molecule has 3 nitrogen and oxygen atoms in total. The highest BCUT2D eigenvalue weighted by molar-refractivity contribution is 5.66. The van der Waals surface area contributed by atoms with Gasteiger partial charge in [-0.05, 0) is 152 Å². The van der Waals surface area contributed by atoms with Crippen LogP contribution in [0, 0.1) is 6.92 Å². The number of nitrogens with two attached hydrogens (primary N) is 1. The van der Waals surface area contributed by atoms with E-state index in [1.54, 1.807) is 6.08 Å². The van der Waals surface area contributed by atoms with E-state index in [9.17, 15) is 0 Å². The van der Waals surface area contributed by atoms with Crippen molar-refractivity contribution in [2.24, 2.45) is 5.73 Å². The van der Waals surface area contributed by atoms with Crippen LogP contribution in [0.25, 0.3) is 5.70 Å². The van der Waals surface area contributed by atoms with Crippen LogP contribution in [0.3, 0.4) is 0 Å². The fraction of sp³-hybridized carbons (Fsp3) is 0.320. The van der Waals surface area contributed by atoms with Crippen LogP contribution in [-0.2, 0) is 25.8 Å². The monoisotopic (exact) mass is 710 g/mol. The van der Waals surface area contributed by atoms with Crippen LogP contribution >= 0.6 is 0 Å². The van der Waals surface area contributed by atoms with Crippen molar-refractivity contribution < 1.29 is 0 Å². The molecule has 3 N–H and O–H groups in total. The molecule has 0 radical (unpaired) electrons. The minimum absolute atomic E-state index is 0.685. The van der Waals surface area contributed by atoms with Gasteiger partial charge in [0, 0.05) is 29.8 Å². The molecule has 0 heterocycles. The molecule has 0 spiro atoms. The van der Waals surface area contributed by atoms with Crippen LogP contribution in [0.15, 0.2) is 157 Å². The summed E-state index contributed by atoms with van der Waals surface area (Å²) in [6.45, 7) is 51.8. The average molecular weight is 710 g/mol. The number of hydrogen-bond acceptors (Lipinski definition) is 3. The zero-order chi connectivity index (χ0) is 40.2. The van der Waals surface area contributed by atoms with Crippen molar-refractivity contribution in [3.8, 4) is 0 Å². The molecule has 0 bridgehead atoms. The number of allylic oxidation sites excluding steroid dienone is 8. The number of rotatable bonds is 14. The van der Waals surface area contributed by atoms with Crippen molar-refractivity contribution in [1.29, 1.82) is 0 Å². The zero-order valence-corrected chi connectivity index (χ0v) is 34.6. The molecule has 3 heteroatoms. The maximum Gasteiger partial charge on any atom is 0.0524 e. The normalized spacial score (nSPS) is 14.4. The van der Waals surface area contributed by atoms with Gasteiger partial charge in [0.1, 0.15) is 0 Å². The van der Waals surface area contributed by atoms with Gasteiger partial charge in [-0.3, -0.25) is 0 Å². The first-order valence-corrected chi connectivity index (χ1v) is 18.9. The van der Waals surface area contributed by atoms with Crippen molar-refractivity contribution in [2.45, 2.75) is 107 Å². The van der Waals surface area contributed by atoms with E-state index in [-0.39, 0.29) is 0 Å². The Kier molecular flexibility index (Phi) is 16.9. The van der Waals surface area contributed by atoms with E-state index in [0.717, 1.165) is 63.4 Å². The maximum atomic E-state index is 5.75. The molecule has 1 atom stereocenters. The molecule has 0 amide bonds. The van der Waals surface area contributed by atoms with Gasteiger partial charge in [0.15, 0.2) is 0 Å². The Morgan fingerprint density at radius 2 is 1.53 bits per heavy atom. The molecule has 0 aliphatic heterocycles. The number of nitrogens with one attached hydrogen (secondary N) is 1. The Hall–Kier alpha value is -5.02. The van der Waals surface area contributed by atoms with Crippen molar-refractivity contribution in [1.82, 2.24) is 10.2 Å². The Balaban J connectivity index is 0.000000355. The number of fused-ring (bicyclic) bond motifs is 1. The van der Waals surface area contributed by atoms with Gasteiger partial charge < -0.3 is 16.0 Å². The first-order valence-electron chi connectivity index (χ1n) is 18.9. The first-order chi connectivity index (χ1) is 24.9. The van der Waals surface area contributed by atoms with E-state index in [1.165, 1.54) is 63.8 Å². The fourth-order valence-corrected chi connectivity index (χ4v) is 6.55. The van der Waals surface area contributed by atoms with Crippen LogP contribution in [0.5, 0.6) is 0 Å². The number of aryl methyl sites for hydroxylation is 2. The molecule has 2 aliphatic rings. The number of hydrogen-bond donors (Lipinski definition) is 2. The molecule has 2 aliphatic carbocycles. The Bertz CT molecular complexity index is 1860. The molecule has 2 aromatic rings. The number of nitrogens with zero attached hydrogens (tertiary/aromatic N) is 1. The predicted octanol–water partition coefficient (Wildman–Crippen LogP) is 13.2. The summed E-state index contributed by atoms with van der Waals surface area (Å²) in [5.41, 5.74) is 26.2. The summed E-state index contributed by atoms with van der Waals surface area (Å²) in [4.78, 5) is 2.01. The van der Waals surface area contributed by atoms with Gasteiger partial charge in [0.05, 0.1) is 5.70 Å². The first kappa shape index (κ1) is 44.1. The van der Waals surface area contributed by atoms with Gasteiger partial charge in [-0.2, -0.15) is 0 Å². The largest absolute Gasteiger partial charge is 0.399 e. The van der Waals surface area contributed by atoms with Crippen molar-refractivity contribution >= 4 is 5.70 Å². The molecular weight excluding hydrogens is 643 g/mol. The minimum Gasteiger partial charge on any atom is -0.399 e. The van der Waals surface area contributed by atoms with Gasteiger partial charge in [-0.1, -0.05) is 122 Å².